The Hall–Kier alpha value is -1.83. The summed E-state index contributed by atoms with van der Waals surface area (Å²) < 4.78 is 38.2. The van der Waals surface area contributed by atoms with Crippen molar-refractivity contribution in [3.8, 4) is 0 Å². The number of halogens is 3. The van der Waals surface area contributed by atoms with Gasteiger partial charge in [-0.05, 0) is 31.0 Å². The normalized spacial score (nSPS) is 16.6. The largest absolute Gasteiger partial charge is 0.433 e. The summed E-state index contributed by atoms with van der Waals surface area (Å²) in [7, 11) is 0. The van der Waals surface area contributed by atoms with Gasteiger partial charge in [-0.15, -0.1) is 11.8 Å². The number of aromatic nitrogens is 3. The molecule has 3 heterocycles. The van der Waals surface area contributed by atoms with Gasteiger partial charge in [-0.25, -0.2) is 15.0 Å². The average molecular weight is 340 g/mol. The van der Waals surface area contributed by atoms with Gasteiger partial charge in [-0.3, -0.25) is 0 Å². The molecule has 1 aliphatic heterocycles. The molecule has 0 N–H and O–H groups in total. The lowest BCUT2D eigenvalue weighted by Gasteiger charge is -2.31. The van der Waals surface area contributed by atoms with Crippen LogP contribution in [0.15, 0.2) is 41.7 Å². The standard InChI is InChI=1S/C15H15F3N4S/c16-15(17,18)12-4-8-20-14(21-12)22-9-5-11(6-10-22)23-13-3-1-2-7-19-13/h1-4,7-8,11H,5-6,9-10H2. The van der Waals surface area contributed by atoms with Crippen molar-refractivity contribution in [1.82, 2.24) is 15.0 Å². The first-order valence-corrected chi connectivity index (χ1v) is 8.13. The highest BCUT2D eigenvalue weighted by Crippen LogP contribution is 2.31. The number of piperidine rings is 1. The predicted molar refractivity (Wildman–Crippen MR) is 82.4 cm³/mol. The van der Waals surface area contributed by atoms with Crippen LogP contribution in [-0.2, 0) is 6.18 Å². The molecule has 1 aliphatic rings. The molecule has 0 atom stereocenters. The van der Waals surface area contributed by atoms with Crippen LogP contribution in [0.1, 0.15) is 18.5 Å². The Bertz CT molecular complexity index is 643. The van der Waals surface area contributed by atoms with Gasteiger partial charge in [0.1, 0.15) is 5.69 Å². The lowest BCUT2D eigenvalue weighted by atomic mass is 10.1. The molecule has 0 spiro atoms. The quantitative estimate of drug-likeness (QED) is 0.853. The number of anilines is 1. The molecule has 4 nitrogen and oxygen atoms in total. The second kappa shape index (κ2) is 6.74. The smallest absolute Gasteiger partial charge is 0.341 e. The van der Waals surface area contributed by atoms with Crippen molar-refractivity contribution in [3.63, 3.8) is 0 Å². The van der Waals surface area contributed by atoms with Crippen molar-refractivity contribution in [1.29, 1.82) is 0 Å². The molecule has 3 rings (SSSR count). The fourth-order valence-electron chi connectivity index (χ4n) is 2.42. The molecule has 2 aromatic rings. The van der Waals surface area contributed by atoms with E-state index in [0.29, 0.717) is 18.3 Å². The van der Waals surface area contributed by atoms with E-state index >= 15 is 0 Å². The first kappa shape index (κ1) is 16.0. The van der Waals surface area contributed by atoms with Crippen LogP contribution in [0.4, 0.5) is 19.1 Å². The van der Waals surface area contributed by atoms with Crippen LogP contribution >= 0.6 is 11.8 Å². The summed E-state index contributed by atoms with van der Waals surface area (Å²) in [6.07, 6.45) is 0.209. The molecule has 8 heteroatoms. The van der Waals surface area contributed by atoms with Crippen molar-refractivity contribution < 1.29 is 13.2 Å². The molecular weight excluding hydrogens is 325 g/mol. The van der Waals surface area contributed by atoms with E-state index in [4.69, 9.17) is 0 Å². The van der Waals surface area contributed by atoms with Gasteiger partial charge in [0.05, 0.1) is 5.03 Å². The molecule has 0 aliphatic carbocycles. The van der Waals surface area contributed by atoms with E-state index in [2.05, 4.69) is 15.0 Å². The molecule has 23 heavy (non-hydrogen) atoms. The number of pyridine rings is 1. The molecule has 0 saturated carbocycles. The molecule has 1 fully saturated rings. The minimum absolute atomic E-state index is 0.154. The van der Waals surface area contributed by atoms with Gasteiger partial charge in [0.2, 0.25) is 5.95 Å². The van der Waals surface area contributed by atoms with Gasteiger partial charge in [-0.2, -0.15) is 13.2 Å². The molecule has 2 aromatic heterocycles. The van der Waals surface area contributed by atoms with E-state index in [1.165, 1.54) is 6.20 Å². The molecule has 0 amide bonds. The monoisotopic (exact) mass is 340 g/mol. The lowest BCUT2D eigenvalue weighted by Crippen LogP contribution is -2.36. The van der Waals surface area contributed by atoms with Crippen LogP contribution < -0.4 is 4.90 Å². The van der Waals surface area contributed by atoms with Crippen LogP contribution in [0.25, 0.3) is 0 Å². The number of hydrogen-bond acceptors (Lipinski definition) is 5. The Morgan fingerprint density at radius 1 is 1.04 bits per heavy atom. The van der Waals surface area contributed by atoms with Crippen LogP contribution in [0, 0.1) is 0 Å². The first-order valence-electron chi connectivity index (χ1n) is 7.25. The van der Waals surface area contributed by atoms with Gasteiger partial charge in [0, 0.05) is 30.7 Å². The number of alkyl halides is 3. The Kier molecular flexibility index (Phi) is 4.70. The molecule has 0 aromatic carbocycles. The number of thioether (sulfide) groups is 1. The summed E-state index contributed by atoms with van der Waals surface area (Å²) in [5, 5.41) is 1.38. The minimum Gasteiger partial charge on any atom is -0.341 e. The van der Waals surface area contributed by atoms with Crippen LogP contribution in [0.3, 0.4) is 0 Å². The highest BCUT2D eigenvalue weighted by atomic mass is 32.2. The number of rotatable bonds is 3. The third kappa shape index (κ3) is 4.13. The molecule has 0 unspecified atom stereocenters. The maximum atomic E-state index is 12.7. The zero-order valence-corrected chi connectivity index (χ0v) is 13.0. The highest BCUT2D eigenvalue weighted by molar-refractivity contribution is 7.99. The Balaban J connectivity index is 1.61. The zero-order chi connectivity index (χ0) is 16.3. The molecular formula is C15H15F3N4S. The van der Waals surface area contributed by atoms with E-state index < -0.39 is 11.9 Å². The van der Waals surface area contributed by atoms with Crippen molar-refractivity contribution in [2.24, 2.45) is 0 Å². The van der Waals surface area contributed by atoms with Crippen molar-refractivity contribution >= 4 is 17.7 Å². The fourth-order valence-corrected chi connectivity index (χ4v) is 3.49. The zero-order valence-electron chi connectivity index (χ0n) is 12.2. The third-order valence-electron chi connectivity index (χ3n) is 3.58. The van der Waals surface area contributed by atoms with E-state index in [9.17, 15) is 13.2 Å². The first-order chi connectivity index (χ1) is 11.0. The molecule has 1 saturated heterocycles. The predicted octanol–water partition coefficient (Wildman–Crippen LogP) is 3.65. The highest BCUT2D eigenvalue weighted by Gasteiger charge is 2.33. The summed E-state index contributed by atoms with van der Waals surface area (Å²) in [5.74, 6) is 0.154. The summed E-state index contributed by atoms with van der Waals surface area (Å²) in [6, 6.07) is 6.68. The Morgan fingerprint density at radius 2 is 1.83 bits per heavy atom. The Morgan fingerprint density at radius 3 is 2.48 bits per heavy atom. The van der Waals surface area contributed by atoms with E-state index in [1.807, 2.05) is 23.1 Å². The minimum atomic E-state index is -4.44. The van der Waals surface area contributed by atoms with Crippen LogP contribution in [-0.4, -0.2) is 33.3 Å². The van der Waals surface area contributed by atoms with E-state index in [1.54, 1.807) is 18.0 Å². The SMILES string of the molecule is FC(F)(F)c1ccnc(N2CCC(Sc3ccccn3)CC2)n1. The van der Waals surface area contributed by atoms with E-state index in [0.717, 1.165) is 23.9 Å². The van der Waals surface area contributed by atoms with Gasteiger partial charge < -0.3 is 4.90 Å². The van der Waals surface area contributed by atoms with Crippen LogP contribution in [0.5, 0.6) is 0 Å². The van der Waals surface area contributed by atoms with Gasteiger partial charge >= 0.3 is 6.18 Å². The Labute approximate surface area is 136 Å². The second-order valence-electron chi connectivity index (χ2n) is 5.21. The molecule has 0 bridgehead atoms. The van der Waals surface area contributed by atoms with Crippen molar-refractivity contribution in [2.75, 3.05) is 18.0 Å². The van der Waals surface area contributed by atoms with Crippen LogP contribution in [0.2, 0.25) is 0 Å². The topological polar surface area (TPSA) is 41.9 Å². The summed E-state index contributed by atoms with van der Waals surface area (Å²) in [6.45, 7) is 1.29. The molecule has 122 valence electrons. The number of hydrogen-bond donors (Lipinski definition) is 0. The van der Waals surface area contributed by atoms with Gasteiger partial charge in [0.25, 0.3) is 0 Å². The lowest BCUT2D eigenvalue weighted by molar-refractivity contribution is -0.141. The second-order valence-corrected chi connectivity index (χ2v) is 6.53. The van der Waals surface area contributed by atoms with Crippen molar-refractivity contribution in [2.45, 2.75) is 29.3 Å². The third-order valence-corrected chi connectivity index (χ3v) is 4.87. The summed E-state index contributed by atoms with van der Waals surface area (Å²) in [4.78, 5) is 13.7. The average Bonchev–Trinajstić information content (AvgIpc) is 2.56. The summed E-state index contributed by atoms with van der Waals surface area (Å²) >= 11 is 1.71. The summed E-state index contributed by atoms with van der Waals surface area (Å²) in [5.41, 5.74) is -0.896. The van der Waals surface area contributed by atoms with Gasteiger partial charge in [-0.1, -0.05) is 6.07 Å². The van der Waals surface area contributed by atoms with Crippen molar-refractivity contribution in [3.05, 3.63) is 42.4 Å². The number of nitrogens with zero attached hydrogens (tertiary/aromatic N) is 4. The molecule has 0 radical (unpaired) electrons. The van der Waals surface area contributed by atoms with E-state index in [-0.39, 0.29) is 5.95 Å². The maximum absolute atomic E-state index is 12.7. The van der Waals surface area contributed by atoms with Gasteiger partial charge in [0.15, 0.2) is 0 Å². The maximum Gasteiger partial charge on any atom is 0.433 e. The fraction of sp³-hybridized carbons (Fsp3) is 0.400.